The number of rotatable bonds is 2. The van der Waals surface area contributed by atoms with E-state index in [2.05, 4.69) is 135 Å². The van der Waals surface area contributed by atoms with E-state index in [0.29, 0.717) is 0 Å². The standard InChI is InChI=1S/C36H22N4/c1-5-14-33-26(10-1)28-21-29-27-11-2-4-13-32(27)39(25-9-7-8-24(20-25)23-16-18-37-19-17-23)35(29)22-30(28)36-38-31-12-3-6-15-34(31)40(33)36/h1-22H. The lowest BCUT2D eigenvalue weighted by Crippen LogP contribution is -1.95. The van der Waals surface area contributed by atoms with Crippen LogP contribution in [0.5, 0.6) is 0 Å². The first kappa shape index (κ1) is 21.5. The minimum Gasteiger partial charge on any atom is -0.309 e. The first-order valence-electron chi connectivity index (χ1n) is 13.5. The van der Waals surface area contributed by atoms with Gasteiger partial charge in [0.05, 0.1) is 27.6 Å². The molecule has 9 rings (SSSR count). The van der Waals surface area contributed by atoms with Crippen molar-refractivity contribution in [2.75, 3.05) is 0 Å². The van der Waals surface area contributed by atoms with Crippen LogP contribution in [0.4, 0.5) is 0 Å². The molecule has 0 aliphatic carbocycles. The molecule has 0 radical (unpaired) electrons. The minimum absolute atomic E-state index is 0.985. The van der Waals surface area contributed by atoms with Gasteiger partial charge in [-0.2, -0.15) is 0 Å². The Morgan fingerprint density at radius 2 is 1.18 bits per heavy atom. The average molecular weight is 511 g/mol. The van der Waals surface area contributed by atoms with E-state index < -0.39 is 0 Å². The van der Waals surface area contributed by atoms with Crippen LogP contribution in [0.2, 0.25) is 0 Å². The van der Waals surface area contributed by atoms with E-state index in [1.807, 2.05) is 12.4 Å². The van der Waals surface area contributed by atoms with E-state index >= 15 is 0 Å². The van der Waals surface area contributed by atoms with Gasteiger partial charge in [-0.15, -0.1) is 0 Å². The maximum atomic E-state index is 5.16. The fraction of sp³-hybridized carbons (Fsp3) is 0. The number of para-hydroxylation sites is 4. The predicted octanol–water partition coefficient (Wildman–Crippen LogP) is 8.95. The topological polar surface area (TPSA) is 35.1 Å². The summed E-state index contributed by atoms with van der Waals surface area (Å²) < 4.78 is 4.71. The second kappa shape index (κ2) is 8.01. The number of pyridine rings is 2. The van der Waals surface area contributed by atoms with Crippen molar-refractivity contribution < 1.29 is 0 Å². The highest BCUT2D eigenvalue weighted by Gasteiger charge is 2.18. The van der Waals surface area contributed by atoms with E-state index in [9.17, 15) is 0 Å². The van der Waals surface area contributed by atoms with Gasteiger partial charge in [-0.1, -0.05) is 60.7 Å². The number of nitrogens with zero attached hydrogens (tertiary/aromatic N) is 4. The van der Waals surface area contributed by atoms with Gasteiger partial charge in [0.2, 0.25) is 0 Å². The number of benzene rings is 5. The van der Waals surface area contributed by atoms with Gasteiger partial charge in [-0.25, -0.2) is 4.98 Å². The molecule has 5 aromatic carbocycles. The molecule has 9 aromatic rings. The maximum absolute atomic E-state index is 5.16. The number of hydrogen-bond acceptors (Lipinski definition) is 2. The van der Waals surface area contributed by atoms with Crippen molar-refractivity contribution in [1.29, 1.82) is 0 Å². The second-order valence-corrected chi connectivity index (χ2v) is 10.3. The molecule has 0 bridgehead atoms. The fourth-order valence-electron chi connectivity index (χ4n) is 6.42. The van der Waals surface area contributed by atoms with Crippen LogP contribution in [0.1, 0.15) is 0 Å². The van der Waals surface area contributed by atoms with Gasteiger partial charge in [-0.3, -0.25) is 9.38 Å². The van der Waals surface area contributed by atoms with Gasteiger partial charge in [0.1, 0.15) is 5.65 Å². The fourth-order valence-corrected chi connectivity index (χ4v) is 6.42. The summed E-state index contributed by atoms with van der Waals surface area (Å²) in [4.78, 5) is 9.36. The van der Waals surface area contributed by atoms with Crippen LogP contribution < -0.4 is 0 Å². The van der Waals surface area contributed by atoms with Crippen LogP contribution >= 0.6 is 0 Å². The molecule has 186 valence electrons. The molecule has 0 spiro atoms. The highest BCUT2D eigenvalue weighted by Crippen LogP contribution is 2.39. The lowest BCUT2D eigenvalue weighted by Gasteiger charge is -2.12. The monoisotopic (exact) mass is 510 g/mol. The van der Waals surface area contributed by atoms with Gasteiger partial charge >= 0.3 is 0 Å². The average Bonchev–Trinajstić information content (AvgIpc) is 3.57. The molecule has 0 fully saturated rings. The van der Waals surface area contributed by atoms with Crippen molar-refractivity contribution in [3.63, 3.8) is 0 Å². The van der Waals surface area contributed by atoms with Gasteiger partial charge in [-0.05, 0) is 77.2 Å². The molecule has 0 saturated heterocycles. The third kappa shape index (κ3) is 2.90. The number of imidazole rings is 1. The maximum Gasteiger partial charge on any atom is 0.146 e. The number of hydrogen-bond donors (Lipinski definition) is 0. The minimum atomic E-state index is 0.985. The predicted molar refractivity (Wildman–Crippen MR) is 165 cm³/mol. The smallest absolute Gasteiger partial charge is 0.146 e. The lowest BCUT2D eigenvalue weighted by molar-refractivity contribution is 1.18. The van der Waals surface area contributed by atoms with Crippen molar-refractivity contribution in [1.82, 2.24) is 18.9 Å². The van der Waals surface area contributed by atoms with Crippen molar-refractivity contribution in [3.05, 3.63) is 134 Å². The summed E-state index contributed by atoms with van der Waals surface area (Å²) in [7, 11) is 0. The summed E-state index contributed by atoms with van der Waals surface area (Å²) in [6.07, 6.45) is 3.69. The summed E-state index contributed by atoms with van der Waals surface area (Å²) in [6, 6.07) is 43.4. The highest BCUT2D eigenvalue weighted by atomic mass is 15.0. The lowest BCUT2D eigenvalue weighted by atomic mass is 10.0. The van der Waals surface area contributed by atoms with Crippen LogP contribution in [0.15, 0.2) is 134 Å². The van der Waals surface area contributed by atoms with Crippen LogP contribution in [0.25, 0.3) is 77.0 Å². The zero-order chi connectivity index (χ0) is 26.2. The number of fused-ring (bicyclic) bond motifs is 11. The third-order valence-corrected chi connectivity index (χ3v) is 8.17. The van der Waals surface area contributed by atoms with Gasteiger partial charge < -0.3 is 4.57 Å². The van der Waals surface area contributed by atoms with Crippen LogP contribution in [-0.4, -0.2) is 18.9 Å². The Morgan fingerprint density at radius 1 is 0.450 bits per heavy atom. The van der Waals surface area contributed by atoms with Crippen LogP contribution in [0.3, 0.4) is 0 Å². The van der Waals surface area contributed by atoms with Crippen molar-refractivity contribution in [2.24, 2.45) is 0 Å². The van der Waals surface area contributed by atoms with Crippen molar-refractivity contribution in [2.45, 2.75) is 0 Å². The normalized spacial score (nSPS) is 12.0. The van der Waals surface area contributed by atoms with E-state index in [1.165, 1.54) is 43.7 Å². The molecular weight excluding hydrogens is 488 g/mol. The van der Waals surface area contributed by atoms with E-state index in [0.717, 1.165) is 33.3 Å². The molecule has 4 heterocycles. The molecule has 40 heavy (non-hydrogen) atoms. The summed E-state index contributed by atoms with van der Waals surface area (Å²) in [5.41, 5.74) is 10.1. The molecule has 0 amide bonds. The SMILES string of the molecule is c1cc(-c2ccncc2)cc(-n2c3ccccc3c3cc4c5ccccc5n5c6ccccc6nc5c4cc32)c1. The zero-order valence-corrected chi connectivity index (χ0v) is 21.5. The summed E-state index contributed by atoms with van der Waals surface area (Å²) in [5.74, 6) is 0. The van der Waals surface area contributed by atoms with Crippen molar-refractivity contribution >= 4 is 60.2 Å². The van der Waals surface area contributed by atoms with E-state index in [-0.39, 0.29) is 0 Å². The molecule has 4 heteroatoms. The van der Waals surface area contributed by atoms with E-state index in [1.54, 1.807) is 0 Å². The van der Waals surface area contributed by atoms with Crippen molar-refractivity contribution in [3.8, 4) is 16.8 Å². The Balaban J connectivity index is 1.46. The summed E-state index contributed by atoms with van der Waals surface area (Å²) in [5, 5.41) is 6.08. The first-order chi connectivity index (χ1) is 19.8. The Kier molecular flexibility index (Phi) is 4.30. The molecule has 0 aliphatic rings. The highest BCUT2D eigenvalue weighted by molar-refractivity contribution is 6.21. The zero-order valence-electron chi connectivity index (χ0n) is 21.5. The molecule has 0 saturated carbocycles. The summed E-state index contributed by atoms with van der Waals surface area (Å²) in [6.45, 7) is 0. The Morgan fingerprint density at radius 3 is 2.02 bits per heavy atom. The van der Waals surface area contributed by atoms with Crippen LogP contribution in [0, 0.1) is 0 Å². The molecule has 4 aromatic heterocycles. The third-order valence-electron chi connectivity index (χ3n) is 8.17. The van der Waals surface area contributed by atoms with Gasteiger partial charge in [0.25, 0.3) is 0 Å². The quantitative estimate of drug-likeness (QED) is 0.218. The molecular formula is C36H22N4. The Hall–Kier alpha value is -5.48. The van der Waals surface area contributed by atoms with Crippen LogP contribution in [-0.2, 0) is 0 Å². The van der Waals surface area contributed by atoms with E-state index in [4.69, 9.17) is 4.98 Å². The Labute approximate surface area is 229 Å². The molecule has 0 unspecified atom stereocenters. The molecule has 4 nitrogen and oxygen atoms in total. The largest absolute Gasteiger partial charge is 0.309 e. The second-order valence-electron chi connectivity index (χ2n) is 10.3. The van der Waals surface area contributed by atoms with Gasteiger partial charge in [0.15, 0.2) is 0 Å². The first-order valence-corrected chi connectivity index (χ1v) is 13.5. The molecule has 0 N–H and O–H groups in total. The molecule has 0 aliphatic heterocycles. The summed E-state index contributed by atoms with van der Waals surface area (Å²) >= 11 is 0. The molecule has 0 atom stereocenters. The van der Waals surface area contributed by atoms with Gasteiger partial charge in [0, 0.05) is 39.6 Å². The number of aromatic nitrogens is 4. The Bertz CT molecular complexity index is 2430.